The van der Waals surface area contributed by atoms with E-state index < -0.39 is 0 Å². The lowest BCUT2D eigenvalue weighted by Gasteiger charge is -2.15. The summed E-state index contributed by atoms with van der Waals surface area (Å²) < 4.78 is 16.1. The SMILES string of the molecule is COc1cc(/C=C/C(=O)NC2c3ccccc3-c3ccccc32)cc(OC)c1OC. The molecule has 0 aliphatic heterocycles. The normalized spacial score (nSPS) is 12.4. The molecule has 0 spiro atoms. The lowest BCUT2D eigenvalue weighted by atomic mass is 10.1. The molecule has 4 rings (SSSR count). The summed E-state index contributed by atoms with van der Waals surface area (Å²) in [7, 11) is 4.68. The zero-order valence-electron chi connectivity index (χ0n) is 17.1. The van der Waals surface area contributed by atoms with E-state index in [1.165, 1.54) is 6.08 Å². The molecule has 5 nitrogen and oxygen atoms in total. The van der Waals surface area contributed by atoms with Crippen LogP contribution in [0.5, 0.6) is 17.2 Å². The summed E-state index contributed by atoms with van der Waals surface area (Å²) in [6, 6.07) is 19.7. The summed E-state index contributed by atoms with van der Waals surface area (Å²) in [6.07, 6.45) is 3.25. The highest BCUT2D eigenvalue weighted by molar-refractivity contribution is 5.93. The van der Waals surface area contributed by atoms with Gasteiger partial charge in [-0.1, -0.05) is 48.5 Å². The van der Waals surface area contributed by atoms with E-state index in [0.29, 0.717) is 17.2 Å². The molecule has 1 N–H and O–H groups in total. The summed E-state index contributed by atoms with van der Waals surface area (Å²) in [5, 5.41) is 3.13. The predicted octanol–water partition coefficient (Wildman–Crippen LogP) is 4.61. The van der Waals surface area contributed by atoms with Gasteiger partial charge in [-0.05, 0) is 46.0 Å². The van der Waals surface area contributed by atoms with Gasteiger partial charge in [0.25, 0.3) is 0 Å². The molecule has 0 bridgehead atoms. The van der Waals surface area contributed by atoms with Crippen LogP contribution in [-0.2, 0) is 4.79 Å². The summed E-state index contributed by atoms with van der Waals surface area (Å²) in [5.41, 5.74) is 5.30. The summed E-state index contributed by atoms with van der Waals surface area (Å²) in [4.78, 5) is 12.7. The van der Waals surface area contributed by atoms with E-state index in [9.17, 15) is 4.79 Å². The molecular weight excluding hydrogens is 378 g/mol. The van der Waals surface area contributed by atoms with Gasteiger partial charge in [-0.2, -0.15) is 0 Å². The number of carbonyl (C=O) groups is 1. The van der Waals surface area contributed by atoms with Crippen molar-refractivity contribution >= 4 is 12.0 Å². The quantitative estimate of drug-likeness (QED) is 0.613. The Bertz CT molecular complexity index is 1050. The first-order valence-corrected chi connectivity index (χ1v) is 9.63. The number of hydrogen-bond acceptors (Lipinski definition) is 4. The topological polar surface area (TPSA) is 56.8 Å². The van der Waals surface area contributed by atoms with E-state index in [-0.39, 0.29) is 11.9 Å². The number of hydrogen-bond donors (Lipinski definition) is 1. The van der Waals surface area contributed by atoms with Crippen LogP contribution >= 0.6 is 0 Å². The van der Waals surface area contributed by atoms with Crippen LogP contribution in [0.2, 0.25) is 0 Å². The highest BCUT2D eigenvalue weighted by atomic mass is 16.5. The van der Waals surface area contributed by atoms with Crippen molar-refractivity contribution in [3.8, 4) is 28.4 Å². The molecule has 0 unspecified atom stereocenters. The Morgan fingerprint density at radius 2 is 1.37 bits per heavy atom. The third-order valence-electron chi connectivity index (χ3n) is 5.23. The number of rotatable bonds is 6. The maximum atomic E-state index is 12.7. The molecule has 5 heteroatoms. The lowest BCUT2D eigenvalue weighted by molar-refractivity contribution is -0.116. The largest absolute Gasteiger partial charge is 0.493 e. The maximum Gasteiger partial charge on any atom is 0.244 e. The van der Waals surface area contributed by atoms with Crippen LogP contribution in [0.15, 0.2) is 66.7 Å². The fourth-order valence-corrected chi connectivity index (χ4v) is 3.87. The second-order valence-corrected chi connectivity index (χ2v) is 6.91. The number of nitrogens with one attached hydrogen (secondary N) is 1. The monoisotopic (exact) mass is 401 g/mol. The van der Waals surface area contributed by atoms with Crippen LogP contribution in [0.4, 0.5) is 0 Å². The molecule has 1 amide bonds. The molecule has 0 saturated heterocycles. The minimum absolute atomic E-state index is 0.172. The minimum atomic E-state index is -0.180. The first-order valence-electron chi connectivity index (χ1n) is 9.63. The number of fused-ring (bicyclic) bond motifs is 3. The van der Waals surface area contributed by atoms with Crippen LogP contribution < -0.4 is 19.5 Å². The average Bonchev–Trinajstić information content (AvgIpc) is 3.10. The summed E-state index contributed by atoms with van der Waals surface area (Å²) >= 11 is 0. The van der Waals surface area contributed by atoms with Crippen molar-refractivity contribution in [2.75, 3.05) is 21.3 Å². The fourth-order valence-electron chi connectivity index (χ4n) is 3.87. The second kappa shape index (κ2) is 8.33. The molecule has 30 heavy (non-hydrogen) atoms. The lowest BCUT2D eigenvalue weighted by Crippen LogP contribution is -2.26. The Labute approximate surface area is 175 Å². The third kappa shape index (κ3) is 3.50. The zero-order chi connectivity index (χ0) is 21.1. The van der Waals surface area contributed by atoms with Crippen molar-refractivity contribution in [1.82, 2.24) is 5.32 Å². The van der Waals surface area contributed by atoms with Gasteiger partial charge in [0.05, 0.1) is 27.4 Å². The Kier molecular flexibility index (Phi) is 5.44. The molecule has 0 atom stereocenters. The Hall–Kier alpha value is -3.73. The van der Waals surface area contributed by atoms with E-state index in [2.05, 4.69) is 29.6 Å². The van der Waals surface area contributed by atoms with Crippen LogP contribution in [0.3, 0.4) is 0 Å². The third-order valence-corrected chi connectivity index (χ3v) is 5.23. The highest BCUT2D eigenvalue weighted by Crippen LogP contribution is 2.43. The number of benzene rings is 3. The highest BCUT2D eigenvalue weighted by Gasteiger charge is 2.28. The van der Waals surface area contributed by atoms with Gasteiger partial charge in [0.15, 0.2) is 11.5 Å². The summed E-state index contributed by atoms with van der Waals surface area (Å²) in [5.74, 6) is 1.41. The van der Waals surface area contributed by atoms with Gasteiger partial charge in [-0.3, -0.25) is 4.79 Å². The molecule has 3 aromatic carbocycles. The zero-order valence-corrected chi connectivity index (χ0v) is 17.1. The van der Waals surface area contributed by atoms with Gasteiger partial charge in [-0.15, -0.1) is 0 Å². The molecule has 1 aliphatic rings. The molecule has 0 heterocycles. The smallest absolute Gasteiger partial charge is 0.244 e. The average molecular weight is 401 g/mol. The van der Waals surface area contributed by atoms with Gasteiger partial charge in [0.1, 0.15) is 0 Å². The van der Waals surface area contributed by atoms with Crippen molar-refractivity contribution < 1.29 is 19.0 Å². The van der Waals surface area contributed by atoms with E-state index in [1.54, 1.807) is 39.5 Å². The molecule has 0 radical (unpaired) electrons. The van der Waals surface area contributed by atoms with E-state index in [4.69, 9.17) is 14.2 Å². The number of amides is 1. The second-order valence-electron chi connectivity index (χ2n) is 6.91. The molecule has 0 saturated carbocycles. The van der Waals surface area contributed by atoms with Crippen LogP contribution in [-0.4, -0.2) is 27.2 Å². The minimum Gasteiger partial charge on any atom is -0.493 e. The van der Waals surface area contributed by atoms with Crippen molar-refractivity contribution in [3.05, 3.63) is 83.4 Å². The molecule has 0 aromatic heterocycles. The van der Waals surface area contributed by atoms with Crippen LogP contribution in [0.1, 0.15) is 22.7 Å². The van der Waals surface area contributed by atoms with E-state index in [0.717, 1.165) is 27.8 Å². The van der Waals surface area contributed by atoms with Crippen molar-refractivity contribution in [1.29, 1.82) is 0 Å². The first kappa shape index (κ1) is 19.6. The van der Waals surface area contributed by atoms with E-state index >= 15 is 0 Å². The molecule has 1 aliphatic carbocycles. The molecule has 0 fully saturated rings. The van der Waals surface area contributed by atoms with Crippen molar-refractivity contribution in [2.24, 2.45) is 0 Å². The van der Waals surface area contributed by atoms with Crippen LogP contribution in [0.25, 0.3) is 17.2 Å². The Morgan fingerprint density at radius 3 is 1.87 bits per heavy atom. The van der Waals surface area contributed by atoms with Gasteiger partial charge < -0.3 is 19.5 Å². The number of carbonyl (C=O) groups excluding carboxylic acids is 1. The van der Waals surface area contributed by atoms with Crippen LogP contribution in [0, 0.1) is 0 Å². The number of methoxy groups -OCH3 is 3. The molecular formula is C25H23NO4. The maximum absolute atomic E-state index is 12.7. The van der Waals surface area contributed by atoms with E-state index in [1.807, 2.05) is 24.3 Å². The molecule has 3 aromatic rings. The van der Waals surface area contributed by atoms with Gasteiger partial charge in [-0.25, -0.2) is 0 Å². The number of ether oxygens (including phenoxy) is 3. The first-order chi connectivity index (χ1) is 14.7. The molecule has 152 valence electrons. The summed E-state index contributed by atoms with van der Waals surface area (Å²) in [6.45, 7) is 0. The van der Waals surface area contributed by atoms with Crippen molar-refractivity contribution in [3.63, 3.8) is 0 Å². The Balaban J connectivity index is 1.58. The van der Waals surface area contributed by atoms with Gasteiger partial charge in [0, 0.05) is 6.08 Å². The Morgan fingerprint density at radius 1 is 0.833 bits per heavy atom. The van der Waals surface area contributed by atoms with Gasteiger partial charge >= 0.3 is 0 Å². The fraction of sp³-hybridized carbons (Fsp3) is 0.160. The predicted molar refractivity (Wildman–Crippen MR) is 117 cm³/mol. The standard InChI is InChI=1S/C25H23NO4/c1-28-21-14-16(15-22(29-2)25(21)30-3)12-13-23(27)26-24-19-10-6-4-8-17(19)18-9-5-7-11-20(18)24/h4-15,24H,1-3H3,(H,26,27)/b13-12+. The van der Waals surface area contributed by atoms with Gasteiger partial charge in [0.2, 0.25) is 11.7 Å². The van der Waals surface area contributed by atoms with Crippen molar-refractivity contribution in [2.45, 2.75) is 6.04 Å².